The van der Waals surface area contributed by atoms with E-state index < -0.39 is 0 Å². The number of nitrogens with one attached hydrogen (secondary N) is 2. The third-order valence-electron chi connectivity index (χ3n) is 3.52. The maximum Gasteiger partial charge on any atom is 0.187 e. The fourth-order valence-corrected chi connectivity index (χ4v) is 2.64. The molecule has 1 aromatic heterocycles. The highest BCUT2D eigenvalue weighted by Crippen LogP contribution is 2.15. The van der Waals surface area contributed by atoms with Gasteiger partial charge in [-0.2, -0.15) is 5.10 Å². The molecule has 3 heterocycles. The molecule has 1 unspecified atom stereocenters. The van der Waals surface area contributed by atoms with Crippen LogP contribution in [0.1, 0.15) is 25.0 Å². The summed E-state index contributed by atoms with van der Waals surface area (Å²) in [6, 6.07) is 4.12. The smallest absolute Gasteiger partial charge is 0.187 e. The van der Waals surface area contributed by atoms with Crippen LogP contribution in [0.2, 0.25) is 0 Å². The summed E-state index contributed by atoms with van der Waals surface area (Å²) < 4.78 is 7.73. The Morgan fingerprint density at radius 1 is 1.58 bits per heavy atom. The second-order valence-electron chi connectivity index (χ2n) is 4.85. The molecule has 1 saturated heterocycles. The van der Waals surface area contributed by atoms with Gasteiger partial charge < -0.3 is 14.6 Å². The summed E-state index contributed by atoms with van der Waals surface area (Å²) in [7, 11) is 0. The van der Waals surface area contributed by atoms with Crippen LogP contribution < -0.4 is 10.7 Å². The van der Waals surface area contributed by atoms with Crippen molar-refractivity contribution in [1.29, 1.82) is 0 Å². The Hall–Kier alpha value is -1.40. The highest BCUT2D eigenvalue weighted by molar-refractivity contribution is 7.80. The quantitative estimate of drug-likeness (QED) is 0.645. The first-order valence-corrected chi connectivity index (χ1v) is 7.11. The summed E-state index contributed by atoms with van der Waals surface area (Å²) in [5.74, 6) is 0. The Bertz CT molecular complexity index is 491. The number of fused-ring (bicyclic) bond motifs is 1. The molecule has 0 spiro atoms. The zero-order valence-corrected chi connectivity index (χ0v) is 11.6. The molecule has 6 heteroatoms. The molecule has 102 valence electrons. The molecule has 0 aromatic carbocycles. The fraction of sp³-hybridized carbons (Fsp3) is 0.538. The van der Waals surface area contributed by atoms with Crippen molar-refractivity contribution in [3.8, 4) is 0 Å². The van der Waals surface area contributed by atoms with Gasteiger partial charge in [0.2, 0.25) is 0 Å². The molecule has 1 fully saturated rings. The first kappa shape index (κ1) is 12.6. The van der Waals surface area contributed by atoms with Crippen molar-refractivity contribution in [3.63, 3.8) is 0 Å². The number of hydrogen-bond donors (Lipinski definition) is 2. The number of rotatable bonds is 3. The summed E-state index contributed by atoms with van der Waals surface area (Å²) in [5, 5.41) is 8.09. The van der Waals surface area contributed by atoms with Crippen molar-refractivity contribution < 1.29 is 4.74 Å². The molecule has 5 nitrogen and oxygen atoms in total. The first-order valence-electron chi connectivity index (χ1n) is 6.70. The predicted octanol–water partition coefficient (Wildman–Crippen LogP) is 1.24. The maximum absolute atomic E-state index is 5.53. The van der Waals surface area contributed by atoms with Gasteiger partial charge in [-0.1, -0.05) is 0 Å². The number of nitrogens with zero attached hydrogens (tertiary/aromatic N) is 2. The summed E-state index contributed by atoms with van der Waals surface area (Å²) in [6.45, 7) is 2.62. The standard InChI is InChI=1S/C13H18N4OS/c19-13(14-9-10-3-2-8-18-10)16-15-11-5-7-17-6-1-4-12(11)17/h1,4,6,10H,2-3,5,7-9H2,(H2,14,16,19). The van der Waals surface area contributed by atoms with Crippen molar-refractivity contribution in [2.24, 2.45) is 5.10 Å². The van der Waals surface area contributed by atoms with Gasteiger partial charge in [-0.15, -0.1) is 0 Å². The molecule has 2 aliphatic rings. The van der Waals surface area contributed by atoms with Crippen LogP contribution in [0, 0.1) is 0 Å². The Kier molecular flexibility index (Phi) is 3.79. The molecule has 0 bridgehead atoms. The summed E-state index contributed by atoms with van der Waals surface area (Å²) in [4.78, 5) is 0. The van der Waals surface area contributed by atoms with Gasteiger partial charge in [0, 0.05) is 32.3 Å². The van der Waals surface area contributed by atoms with E-state index in [0.29, 0.717) is 5.11 Å². The van der Waals surface area contributed by atoms with Crippen LogP contribution in [0.4, 0.5) is 0 Å². The molecule has 0 saturated carbocycles. The molecule has 19 heavy (non-hydrogen) atoms. The minimum absolute atomic E-state index is 0.288. The van der Waals surface area contributed by atoms with Crippen LogP contribution in [-0.2, 0) is 11.3 Å². The number of hydrazone groups is 1. The molecule has 0 radical (unpaired) electrons. The van der Waals surface area contributed by atoms with Crippen LogP contribution >= 0.6 is 12.2 Å². The van der Waals surface area contributed by atoms with E-state index in [4.69, 9.17) is 17.0 Å². The van der Waals surface area contributed by atoms with E-state index in [1.54, 1.807) is 0 Å². The molecule has 2 aliphatic heterocycles. The average molecular weight is 278 g/mol. The minimum atomic E-state index is 0.288. The number of aromatic nitrogens is 1. The van der Waals surface area contributed by atoms with E-state index in [2.05, 4.69) is 32.7 Å². The molecule has 0 aliphatic carbocycles. The second kappa shape index (κ2) is 5.71. The Balaban J connectivity index is 1.48. The van der Waals surface area contributed by atoms with E-state index in [1.165, 1.54) is 5.69 Å². The van der Waals surface area contributed by atoms with Crippen LogP contribution in [0.3, 0.4) is 0 Å². The van der Waals surface area contributed by atoms with Gasteiger partial charge in [0.05, 0.1) is 17.5 Å². The lowest BCUT2D eigenvalue weighted by molar-refractivity contribution is 0.114. The van der Waals surface area contributed by atoms with E-state index >= 15 is 0 Å². The number of aryl methyl sites for hydroxylation is 1. The van der Waals surface area contributed by atoms with Crippen LogP contribution in [0.5, 0.6) is 0 Å². The summed E-state index contributed by atoms with van der Waals surface area (Å²) in [6.07, 6.45) is 5.57. The van der Waals surface area contributed by atoms with E-state index in [9.17, 15) is 0 Å². The highest BCUT2D eigenvalue weighted by Gasteiger charge is 2.17. The van der Waals surface area contributed by atoms with Gasteiger partial charge >= 0.3 is 0 Å². The normalized spacial score (nSPS) is 23.6. The first-order chi connectivity index (χ1) is 9.33. The van der Waals surface area contributed by atoms with Crippen molar-refractivity contribution in [2.45, 2.75) is 31.9 Å². The predicted molar refractivity (Wildman–Crippen MR) is 78.3 cm³/mol. The van der Waals surface area contributed by atoms with Crippen molar-refractivity contribution >= 4 is 23.0 Å². The SMILES string of the molecule is S=C(NCC1CCCO1)NN=C1CCn2cccc21. The lowest BCUT2D eigenvalue weighted by Crippen LogP contribution is -2.37. The van der Waals surface area contributed by atoms with Gasteiger partial charge in [0.15, 0.2) is 5.11 Å². The van der Waals surface area contributed by atoms with E-state index in [1.807, 2.05) is 6.07 Å². The van der Waals surface area contributed by atoms with Gasteiger partial charge in [0.1, 0.15) is 0 Å². The van der Waals surface area contributed by atoms with E-state index in [0.717, 1.165) is 44.7 Å². The molecular weight excluding hydrogens is 260 g/mol. The molecule has 3 rings (SSSR count). The zero-order valence-electron chi connectivity index (χ0n) is 10.8. The van der Waals surface area contributed by atoms with Gasteiger partial charge in [0.25, 0.3) is 0 Å². The topological polar surface area (TPSA) is 50.6 Å². The van der Waals surface area contributed by atoms with Crippen molar-refractivity contribution in [1.82, 2.24) is 15.3 Å². The number of thiocarbonyl (C=S) groups is 1. The van der Waals surface area contributed by atoms with Gasteiger partial charge in [-0.25, -0.2) is 0 Å². The number of ether oxygens (including phenoxy) is 1. The minimum Gasteiger partial charge on any atom is -0.376 e. The molecule has 0 amide bonds. The van der Waals surface area contributed by atoms with Gasteiger partial charge in [-0.3, -0.25) is 5.43 Å². The lowest BCUT2D eigenvalue weighted by atomic mass is 10.2. The largest absolute Gasteiger partial charge is 0.376 e. The van der Waals surface area contributed by atoms with Crippen molar-refractivity contribution in [3.05, 3.63) is 24.0 Å². The van der Waals surface area contributed by atoms with Crippen LogP contribution in [-0.4, -0.2) is 34.6 Å². The maximum atomic E-state index is 5.53. The van der Waals surface area contributed by atoms with E-state index in [-0.39, 0.29) is 6.10 Å². The monoisotopic (exact) mass is 278 g/mol. The Morgan fingerprint density at radius 2 is 2.53 bits per heavy atom. The van der Waals surface area contributed by atoms with Crippen LogP contribution in [0.25, 0.3) is 0 Å². The Morgan fingerprint density at radius 3 is 3.37 bits per heavy atom. The lowest BCUT2D eigenvalue weighted by Gasteiger charge is -2.12. The molecular formula is C13H18N4OS. The highest BCUT2D eigenvalue weighted by atomic mass is 32.1. The number of hydrogen-bond acceptors (Lipinski definition) is 3. The zero-order chi connectivity index (χ0) is 13.1. The molecule has 1 aromatic rings. The third-order valence-corrected chi connectivity index (χ3v) is 3.76. The summed E-state index contributed by atoms with van der Waals surface area (Å²) in [5.41, 5.74) is 5.16. The molecule has 1 atom stereocenters. The average Bonchev–Trinajstić information content (AvgIpc) is 3.11. The molecule has 2 N–H and O–H groups in total. The third kappa shape index (κ3) is 2.96. The van der Waals surface area contributed by atoms with Gasteiger partial charge in [-0.05, 0) is 37.2 Å². The fourth-order valence-electron chi connectivity index (χ4n) is 2.51. The van der Waals surface area contributed by atoms with Crippen LogP contribution in [0.15, 0.2) is 23.4 Å². The summed E-state index contributed by atoms with van der Waals surface area (Å²) >= 11 is 5.21. The Labute approximate surface area is 118 Å². The second-order valence-corrected chi connectivity index (χ2v) is 5.26. The van der Waals surface area contributed by atoms with Crippen molar-refractivity contribution in [2.75, 3.05) is 13.2 Å².